The van der Waals surface area contributed by atoms with Crippen LogP contribution in [0.25, 0.3) is 11.5 Å². The minimum Gasteiger partial charge on any atom is -0.420 e. The third-order valence-electron chi connectivity index (χ3n) is 4.95. The summed E-state index contributed by atoms with van der Waals surface area (Å²) in [5.41, 5.74) is 3.40. The molecule has 1 N–H and O–H groups in total. The van der Waals surface area contributed by atoms with Crippen molar-refractivity contribution in [3.63, 3.8) is 0 Å². The van der Waals surface area contributed by atoms with Gasteiger partial charge in [-0.15, -0.1) is 10.2 Å². The van der Waals surface area contributed by atoms with Gasteiger partial charge in [-0.05, 0) is 50.5 Å². The van der Waals surface area contributed by atoms with Gasteiger partial charge in [0.05, 0.1) is 10.6 Å². The Kier molecular flexibility index (Phi) is 4.93. The quantitative estimate of drug-likeness (QED) is 0.672. The summed E-state index contributed by atoms with van der Waals surface area (Å²) in [5.74, 6) is 0.945. The molecule has 1 saturated carbocycles. The Morgan fingerprint density at radius 2 is 2.11 bits per heavy atom. The van der Waals surface area contributed by atoms with Gasteiger partial charge in [0, 0.05) is 23.9 Å². The van der Waals surface area contributed by atoms with E-state index in [4.69, 9.17) is 16.0 Å². The third-order valence-corrected chi connectivity index (χ3v) is 5.24. The highest BCUT2D eigenvalue weighted by Gasteiger charge is 2.30. The van der Waals surface area contributed by atoms with Crippen LogP contribution in [0.3, 0.4) is 0 Å². The molecule has 0 radical (unpaired) electrons. The van der Waals surface area contributed by atoms with Crippen molar-refractivity contribution in [3.8, 4) is 11.5 Å². The molecule has 0 unspecified atom stereocenters. The van der Waals surface area contributed by atoms with E-state index in [1.54, 1.807) is 6.07 Å². The maximum Gasteiger partial charge on any atom is 0.249 e. The van der Waals surface area contributed by atoms with Crippen LogP contribution in [0.2, 0.25) is 5.02 Å². The molecule has 28 heavy (non-hydrogen) atoms. The molecule has 3 aromatic rings. The van der Waals surface area contributed by atoms with E-state index in [1.807, 2.05) is 24.5 Å². The molecular formula is C20H20ClFN4O2. The van der Waals surface area contributed by atoms with Crippen LogP contribution in [0.5, 0.6) is 0 Å². The number of carbonyl (C=O) groups is 1. The molecule has 1 aromatic carbocycles. The van der Waals surface area contributed by atoms with E-state index in [-0.39, 0.29) is 24.0 Å². The normalized spacial score (nSPS) is 13.7. The number of carbonyl (C=O) groups excluding carboxylic acids is 1. The minimum absolute atomic E-state index is 0.0404. The molecule has 2 aromatic heterocycles. The van der Waals surface area contributed by atoms with E-state index in [0.717, 1.165) is 35.4 Å². The molecule has 1 aliphatic carbocycles. The van der Waals surface area contributed by atoms with Crippen molar-refractivity contribution in [2.24, 2.45) is 0 Å². The Balaban J connectivity index is 1.44. The van der Waals surface area contributed by atoms with Crippen LogP contribution in [-0.2, 0) is 17.9 Å². The van der Waals surface area contributed by atoms with Crippen molar-refractivity contribution in [1.82, 2.24) is 20.1 Å². The van der Waals surface area contributed by atoms with E-state index in [0.29, 0.717) is 17.7 Å². The lowest BCUT2D eigenvalue weighted by molar-refractivity contribution is -0.121. The number of aryl methyl sites for hydroxylation is 1. The SMILES string of the molecule is Cc1cc(-c2nnc(C3CC3)o2)c(C)n1CC(=O)NCc1ccc(F)c(Cl)c1. The monoisotopic (exact) mass is 402 g/mol. The van der Waals surface area contributed by atoms with Gasteiger partial charge >= 0.3 is 0 Å². The molecule has 0 saturated heterocycles. The molecular weight excluding hydrogens is 383 g/mol. The Labute approximate surface area is 166 Å². The molecule has 0 atom stereocenters. The molecule has 4 rings (SSSR count). The first-order valence-electron chi connectivity index (χ1n) is 9.13. The highest BCUT2D eigenvalue weighted by Crippen LogP contribution is 2.40. The summed E-state index contributed by atoms with van der Waals surface area (Å²) >= 11 is 5.77. The second-order valence-corrected chi connectivity index (χ2v) is 7.52. The van der Waals surface area contributed by atoms with E-state index in [9.17, 15) is 9.18 Å². The number of rotatable bonds is 6. The van der Waals surface area contributed by atoms with Crippen LogP contribution in [0.15, 0.2) is 28.7 Å². The van der Waals surface area contributed by atoms with Crippen molar-refractivity contribution in [3.05, 3.63) is 57.9 Å². The average molecular weight is 403 g/mol. The summed E-state index contributed by atoms with van der Waals surface area (Å²) in [6, 6.07) is 6.34. The zero-order valence-corrected chi connectivity index (χ0v) is 16.4. The standard InChI is InChI=1S/C20H20ClFN4O2/c1-11-7-15(20-25-24-19(28-20)14-4-5-14)12(2)26(11)10-18(27)23-9-13-3-6-17(22)16(21)8-13/h3,6-8,14H,4-5,9-10H2,1-2H3,(H,23,27). The fourth-order valence-electron chi connectivity index (χ4n) is 3.15. The minimum atomic E-state index is -0.478. The van der Waals surface area contributed by atoms with Gasteiger partial charge in [0.15, 0.2) is 0 Å². The number of hydrogen-bond donors (Lipinski definition) is 1. The lowest BCUT2D eigenvalue weighted by Gasteiger charge is -2.10. The zero-order valence-electron chi connectivity index (χ0n) is 15.6. The first kappa shape index (κ1) is 18.7. The van der Waals surface area contributed by atoms with Gasteiger partial charge in [-0.3, -0.25) is 4.79 Å². The maximum atomic E-state index is 13.2. The van der Waals surface area contributed by atoms with Crippen LogP contribution in [0.4, 0.5) is 4.39 Å². The van der Waals surface area contributed by atoms with Crippen LogP contribution >= 0.6 is 11.6 Å². The topological polar surface area (TPSA) is 73.0 Å². The lowest BCUT2D eigenvalue weighted by Crippen LogP contribution is -2.27. The smallest absolute Gasteiger partial charge is 0.249 e. The molecule has 0 bridgehead atoms. The largest absolute Gasteiger partial charge is 0.420 e. The van der Waals surface area contributed by atoms with Gasteiger partial charge in [-0.2, -0.15) is 0 Å². The van der Waals surface area contributed by atoms with E-state index >= 15 is 0 Å². The number of hydrogen-bond acceptors (Lipinski definition) is 4. The number of amides is 1. The molecule has 1 amide bonds. The van der Waals surface area contributed by atoms with Crippen molar-refractivity contribution in [2.45, 2.75) is 45.7 Å². The van der Waals surface area contributed by atoms with Crippen LogP contribution in [-0.4, -0.2) is 20.7 Å². The van der Waals surface area contributed by atoms with Crippen molar-refractivity contribution in [1.29, 1.82) is 0 Å². The Morgan fingerprint density at radius 1 is 1.32 bits per heavy atom. The molecule has 0 aliphatic heterocycles. The second-order valence-electron chi connectivity index (χ2n) is 7.12. The highest BCUT2D eigenvalue weighted by atomic mass is 35.5. The summed E-state index contributed by atoms with van der Waals surface area (Å²) in [6.45, 7) is 4.30. The van der Waals surface area contributed by atoms with Gasteiger partial charge in [0.1, 0.15) is 12.4 Å². The van der Waals surface area contributed by atoms with Gasteiger partial charge < -0.3 is 14.3 Å². The molecule has 6 nitrogen and oxygen atoms in total. The summed E-state index contributed by atoms with van der Waals surface area (Å²) in [4.78, 5) is 12.4. The maximum absolute atomic E-state index is 13.2. The Bertz CT molecular complexity index is 1040. The number of nitrogens with one attached hydrogen (secondary N) is 1. The van der Waals surface area contributed by atoms with E-state index in [2.05, 4.69) is 15.5 Å². The molecule has 1 aliphatic rings. The predicted octanol–water partition coefficient (Wildman–Crippen LogP) is 4.14. The fraction of sp³-hybridized carbons (Fsp3) is 0.350. The Hall–Kier alpha value is -2.67. The highest BCUT2D eigenvalue weighted by molar-refractivity contribution is 6.30. The fourth-order valence-corrected chi connectivity index (χ4v) is 3.35. The summed E-state index contributed by atoms with van der Waals surface area (Å²) in [7, 11) is 0. The lowest BCUT2D eigenvalue weighted by atomic mass is 10.2. The number of nitrogens with zero attached hydrogens (tertiary/aromatic N) is 3. The summed E-state index contributed by atoms with van der Waals surface area (Å²) in [6.07, 6.45) is 2.19. The third kappa shape index (κ3) is 3.80. The van der Waals surface area contributed by atoms with Crippen LogP contribution in [0.1, 0.15) is 41.6 Å². The molecule has 1 fully saturated rings. The number of halogens is 2. The van der Waals surface area contributed by atoms with Gasteiger partial charge in [-0.1, -0.05) is 17.7 Å². The molecule has 0 spiro atoms. The van der Waals surface area contributed by atoms with Crippen LogP contribution in [0, 0.1) is 19.7 Å². The first-order chi connectivity index (χ1) is 13.4. The summed E-state index contributed by atoms with van der Waals surface area (Å²) < 4.78 is 20.9. The van der Waals surface area contributed by atoms with Gasteiger partial charge in [0.2, 0.25) is 17.7 Å². The first-order valence-corrected chi connectivity index (χ1v) is 9.51. The van der Waals surface area contributed by atoms with E-state index in [1.165, 1.54) is 12.1 Å². The number of aromatic nitrogens is 3. The van der Waals surface area contributed by atoms with Crippen molar-refractivity contribution < 1.29 is 13.6 Å². The second kappa shape index (κ2) is 7.39. The van der Waals surface area contributed by atoms with E-state index < -0.39 is 5.82 Å². The zero-order chi connectivity index (χ0) is 19.8. The van der Waals surface area contributed by atoms with Gasteiger partial charge in [0.25, 0.3) is 0 Å². The number of benzene rings is 1. The van der Waals surface area contributed by atoms with Gasteiger partial charge in [-0.25, -0.2) is 4.39 Å². The van der Waals surface area contributed by atoms with Crippen molar-refractivity contribution in [2.75, 3.05) is 0 Å². The predicted molar refractivity (Wildman–Crippen MR) is 102 cm³/mol. The van der Waals surface area contributed by atoms with Crippen molar-refractivity contribution >= 4 is 17.5 Å². The molecule has 146 valence electrons. The summed E-state index contributed by atoms with van der Waals surface area (Å²) in [5, 5.41) is 11.2. The average Bonchev–Trinajstić information content (AvgIpc) is 3.34. The van der Waals surface area contributed by atoms with Crippen LogP contribution < -0.4 is 5.32 Å². The molecule has 8 heteroatoms. The Morgan fingerprint density at radius 3 is 2.82 bits per heavy atom. The molecule has 2 heterocycles.